The highest BCUT2D eigenvalue weighted by atomic mass is 19.4. The van der Waals surface area contributed by atoms with Crippen molar-refractivity contribution < 1.29 is 17.9 Å². The Balaban J connectivity index is 2.49. The first-order chi connectivity index (χ1) is 6.08. The molecule has 0 saturated carbocycles. The van der Waals surface area contributed by atoms with E-state index in [1.54, 1.807) is 0 Å². The Kier molecular flexibility index (Phi) is 2.84. The van der Waals surface area contributed by atoms with Crippen LogP contribution in [0.25, 0.3) is 0 Å². The molecule has 0 aliphatic heterocycles. The molecule has 1 aromatic rings. The van der Waals surface area contributed by atoms with Crippen LogP contribution in [0.15, 0.2) is 31.1 Å². The third kappa shape index (κ3) is 4.09. The van der Waals surface area contributed by atoms with Gasteiger partial charge < -0.3 is 4.74 Å². The highest BCUT2D eigenvalue weighted by molar-refractivity contribution is 5.11. The van der Waals surface area contributed by atoms with Gasteiger partial charge in [0.2, 0.25) is 0 Å². The normalized spacial score (nSPS) is 11.9. The van der Waals surface area contributed by atoms with Gasteiger partial charge in [-0.3, -0.25) is 0 Å². The summed E-state index contributed by atoms with van der Waals surface area (Å²) < 4.78 is 39.2. The van der Waals surface area contributed by atoms with Gasteiger partial charge in [0, 0.05) is 0 Å². The second kappa shape index (κ2) is 3.88. The summed E-state index contributed by atoms with van der Waals surface area (Å²) in [6.45, 7) is 0. The van der Waals surface area contributed by atoms with Crippen LogP contribution in [0.2, 0.25) is 0 Å². The van der Waals surface area contributed by atoms with E-state index in [2.05, 4.69) is 14.7 Å². The molecule has 0 radical (unpaired) electrons. The summed E-state index contributed by atoms with van der Waals surface area (Å²) in [7, 11) is 0. The average Bonchev–Trinajstić information content (AvgIpc) is 2.04. The highest BCUT2D eigenvalue weighted by Gasteiger charge is 2.22. The summed E-state index contributed by atoms with van der Waals surface area (Å²) in [5.41, 5.74) is 0. The lowest BCUT2D eigenvalue weighted by Gasteiger charge is -1.99. The summed E-state index contributed by atoms with van der Waals surface area (Å²) in [5.74, 6) is 0.156. The van der Waals surface area contributed by atoms with Gasteiger partial charge in [-0.25, -0.2) is 9.97 Å². The molecule has 3 nitrogen and oxygen atoms in total. The fourth-order valence-corrected chi connectivity index (χ4v) is 0.536. The van der Waals surface area contributed by atoms with Crippen LogP contribution < -0.4 is 4.74 Å². The van der Waals surface area contributed by atoms with Crippen LogP contribution in [-0.4, -0.2) is 16.1 Å². The minimum Gasteiger partial charge on any atom is -0.462 e. The summed E-state index contributed by atoms with van der Waals surface area (Å²) in [5, 5.41) is 0. The third-order valence-corrected chi connectivity index (χ3v) is 0.998. The van der Waals surface area contributed by atoms with Crippen molar-refractivity contribution in [2.24, 2.45) is 0 Å². The summed E-state index contributed by atoms with van der Waals surface area (Å²) in [6.07, 6.45) is -0.0733. The number of ether oxygens (including phenoxy) is 1. The van der Waals surface area contributed by atoms with E-state index < -0.39 is 6.18 Å². The van der Waals surface area contributed by atoms with Gasteiger partial charge in [-0.1, -0.05) is 0 Å². The van der Waals surface area contributed by atoms with E-state index in [0.717, 1.165) is 0 Å². The second-order valence-corrected chi connectivity index (χ2v) is 2.04. The van der Waals surface area contributed by atoms with Gasteiger partial charge in [0.1, 0.15) is 6.33 Å². The fourth-order valence-electron chi connectivity index (χ4n) is 0.536. The smallest absolute Gasteiger partial charge is 0.412 e. The minimum absolute atomic E-state index is 0.0139. The van der Waals surface area contributed by atoms with Crippen molar-refractivity contribution in [2.45, 2.75) is 6.18 Å². The number of rotatable bonds is 2. The molecule has 70 valence electrons. The van der Waals surface area contributed by atoms with E-state index in [9.17, 15) is 13.2 Å². The Labute approximate surface area is 71.9 Å². The molecule has 0 N–H and O–H groups in total. The zero-order chi connectivity index (χ0) is 9.73. The van der Waals surface area contributed by atoms with Gasteiger partial charge in [0.15, 0.2) is 5.75 Å². The van der Waals surface area contributed by atoms with E-state index in [1.807, 2.05) is 0 Å². The van der Waals surface area contributed by atoms with Gasteiger partial charge in [0.05, 0.1) is 24.7 Å². The van der Waals surface area contributed by atoms with Crippen LogP contribution in [0.1, 0.15) is 0 Å². The number of alkyl halides is 3. The number of allylic oxidation sites excluding steroid dienone is 1. The summed E-state index contributed by atoms with van der Waals surface area (Å²) in [4.78, 5) is 7.10. The van der Waals surface area contributed by atoms with Crippen LogP contribution in [0.3, 0.4) is 0 Å². The van der Waals surface area contributed by atoms with Crippen molar-refractivity contribution >= 4 is 0 Å². The standard InChI is InChI=1S/C7H5F3N2O/c8-7(9,10)1-2-13-6-3-11-5-12-4-6/h1-5H/b2-1-. The minimum atomic E-state index is -4.37. The Morgan fingerprint density at radius 2 is 1.85 bits per heavy atom. The van der Waals surface area contributed by atoms with Gasteiger partial charge in [-0.2, -0.15) is 13.2 Å². The maximum atomic E-state index is 11.6. The molecular formula is C7H5F3N2O. The van der Waals surface area contributed by atoms with Crippen LogP contribution in [-0.2, 0) is 0 Å². The quantitative estimate of drug-likeness (QED) is 0.668. The first kappa shape index (κ1) is 9.50. The zero-order valence-electron chi connectivity index (χ0n) is 6.32. The summed E-state index contributed by atoms with van der Waals surface area (Å²) in [6, 6.07) is 0. The Bertz CT molecular complexity index is 284. The lowest BCUT2D eigenvalue weighted by atomic mass is 10.6. The van der Waals surface area contributed by atoms with Gasteiger partial charge in [0.25, 0.3) is 0 Å². The Morgan fingerprint density at radius 1 is 1.23 bits per heavy atom. The Morgan fingerprint density at radius 3 is 2.38 bits per heavy atom. The molecular weight excluding hydrogens is 185 g/mol. The van der Waals surface area contributed by atoms with Gasteiger partial charge in [-0.05, 0) is 0 Å². The number of hydrogen-bond donors (Lipinski definition) is 0. The molecule has 0 bridgehead atoms. The predicted molar refractivity (Wildman–Crippen MR) is 37.9 cm³/mol. The van der Waals surface area contributed by atoms with Crippen LogP contribution in [0.5, 0.6) is 5.75 Å². The number of hydrogen-bond acceptors (Lipinski definition) is 3. The van der Waals surface area contributed by atoms with Crippen molar-refractivity contribution in [3.63, 3.8) is 0 Å². The second-order valence-electron chi connectivity index (χ2n) is 2.04. The lowest BCUT2D eigenvalue weighted by Crippen LogP contribution is -2.01. The third-order valence-electron chi connectivity index (χ3n) is 0.998. The maximum Gasteiger partial charge on any atom is 0.412 e. The van der Waals surface area contributed by atoms with Crippen molar-refractivity contribution in [1.82, 2.24) is 9.97 Å². The highest BCUT2D eigenvalue weighted by Crippen LogP contribution is 2.16. The van der Waals surface area contributed by atoms with Crippen LogP contribution in [0, 0.1) is 0 Å². The van der Waals surface area contributed by atoms with E-state index in [1.165, 1.54) is 18.7 Å². The average molecular weight is 190 g/mol. The SMILES string of the molecule is FC(F)(F)/C=C\Oc1cncnc1. The summed E-state index contributed by atoms with van der Waals surface area (Å²) >= 11 is 0. The molecule has 0 saturated heterocycles. The topological polar surface area (TPSA) is 35.0 Å². The fraction of sp³-hybridized carbons (Fsp3) is 0.143. The van der Waals surface area contributed by atoms with E-state index in [0.29, 0.717) is 6.26 Å². The first-order valence-corrected chi connectivity index (χ1v) is 3.24. The predicted octanol–water partition coefficient (Wildman–Crippen LogP) is 1.93. The molecule has 0 spiro atoms. The maximum absolute atomic E-state index is 11.6. The van der Waals surface area contributed by atoms with E-state index in [-0.39, 0.29) is 11.8 Å². The van der Waals surface area contributed by atoms with Gasteiger partial charge in [-0.15, -0.1) is 0 Å². The molecule has 0 unspecified atom stereocenters. The van der Waals surface area contributed by atoms with E-state index in [4.69, 9.17) is 0 Å². The Hall–Kier alpha value is -1.59. The molecule has 6 heteroatoms. The number of aromatic nitrogens is 2. The monoisotopic (exact) mass is 190 g/mol. The molecule has 1 heterocycles. The molecule has 1 rings (SSSR count). The molecule has 1 aromatic heterocycles. The zero-order valence-corrected chi connectivity index (χ0v) is 6.32. The van der Waals surface area contributed by atoms with Crippen molar-refractivity contribution in [1.29, 1.82) is 0 Å². The lowest BCUT2D eigenvalue weighted by molar-refractivity contribution is -0.0809. The van der Waals surface area contributed by atoms with E-state index >= 15 is 0 Å². The number of halogens is 3. The van der Waals surface area contributed by atoms with Crippen molar-refractivity contribution in [2.75, 3.05) is 0 Å². The molecule has 0 fully saturated rings. The van der Waals surface area contributed by atoms with Crippen LogP contribution >= 0.6 is 0 Å². The molecule has 0 aliphatic carbocycles. The first-order valence-electron chi connectivity index (χ1n) is 3.24. The van der Waals surface area contributed by atoms with Gasteiger partial charge >= 0.3 is 6.18 Å². The van der Waals surface area contributed by atoms with Crippen LogP contribution in [0.4, 0.5) is 13.2 Å². The molecule has 0 atom stereocenters. The molecule has 0 aromatic carbocycles. The molecule has 13 heavy (non-hydrogen) atoms. The van der Waals surface area contributed by atoms with Crippen molar-refractivity contribution in [3.05, 3.63) is 31.1 Å². The molecule has 0 aliphatic rings. The molecule has 0 amide bonds. The number of nitrogens with zero attached hydrogens (tertiary/aromatic N) is 2. The van der Waals surface area contributed by atoms with Crippen molar-refractivity contribution in [3.8, 4) is 5.75 Å². The largest absolute Gasteiger partial charge is 0.462 e.